The number of rotatable bonds is 6. The largest absolute Gasteiger partial charge is 0.377 e. The fraction of sp³-hybridized carbons (Fsp3) is 0.684. The number of likely N-dealkylation sites (tertiary alicyclic amines) is 1. The van der Waals surface area contributed by atoms with Crippen molar-refractivity contribution >= 4 is 6.03 Å². The van der Waals surface area contributed by atoms with Gasteiger partial charge in [-0.3, -0.25) is 4.98 Å². The molecular formula is C19H30N4O2. The van der Waals surface area contributed by atoms with Gasteiger partial charge in [-0.2, -0.15) is 0 Å². The minimum Gasteiger partial charge on any atom is -0.377 e. The zero-order valence-electron chi connectivity index (χ0n) is 15.2. The first-order valence-corrected chi connectivity index (χ1v) is 9.46. The van der Waals surface area contributed by atoms with E-state index in [1.165, 1.54) is 12.8 Å². The van der Waals surface area contributed by atoms with E-state index in [0.717, 1.165) is 51.2 Å². The molecule has 1 aromatic rings. The van der Waals surface area contributed by atoms with Crippen LogP contribution in [0.3, 0.4) is 0 Å². The number of amides is 2. The van der Waals surface area contributed by atoms with Gasteiger partial charge in [-0.15, -0.1) is 0 Å². The van der Waals surface area contributed by atoms with Crippen LogP contribution >= 0.6 is 0 Å². The number of hydrogen-bond donors (Lipinski definition) is 1. The number of carbonyl (C=O) groups is 1. The van der Waals surface area contributed by atoms with Crippen molar-refractivity contribution < 1.29 is 9.53 Å². The Balaban J connectivity index is 1.34. The lowest BCUT2D eigenvalue weighted by atomic mass is 10.0. The van der Waals surface area contributed by atoms with Crippen LogP contribution in [0.15, 0.2) is 24.4 Å². The van der Waals surface area contributed by atoms with Gasteiger partial charge in [0.05, 0.1) is 6.10 Å². The van der Waals surface area contributed by atoms with Gasteiger partial charge in [0, 0.05) is 64.2 Å². The number of ether oxygens (including phenoxy) is 1. The summed E-state index contributed by atoms with van der Waals surface area (Å²) in [6.07, 6.45) is 7.42. The third kappa shape index (κ3) is 5.68. The molecule has 2 aliphatic rings. The highest BCUT2D eigenvalue weighted by Gasteiger charge is 2.25. The minimum atomic E-state index is 0.0218. The van der Waals surface area contributed by atoms with Crippen LogP contribution in [0.25, 0.3) is 0 Å². The topological polar surface area (TPSA) is 57.7 Å². The molecule has 2 saturated heterocycles. The molecule has 1 atom stereocenters. The number of nitrogens with one attached hydrogen (secondary N) is 1. The number of pyridine rings is 1. The van der Waals surface area contributed by atoms with E-state index in [0.29, 0.717) is 12.6 Å². The number of hydrogen-bond acceptors (Lipinski definition) is 4. The second-order valence-electron chi connectivity index (χ2n) is 7.15. The van der Waals surface area contributed by atoms with Crippen molar-refractivity contribution in [2.24, 2.45) is 0 Å². The number of nitrogens with zero attached hydrogens (tertiary/aromatic N) is 3. The summed E-state index contributed by atoms with van der Waals surface area (Å²) in [5, 5.41) is 3.18. The third-order valence-electron chi connectivity index (χ3n) is 5.18. The summed E-state index contributed by atoms with van der Waals surface area (Å²) >= 11 is 0. The van der Waals surface area contributed by atoms with E-state index >= 15 is 0 Å². The molecule has 3 heterocycles. The van der Waals surface area contributed by atoms with Crippen molar-refractivity contribution in [1.82, 2.24) is 20.1 Å². The Morgan fingerprint density at radius 1 is 1.36 bits per heavy atom. The summed E-state index contributed by atoms with van der Waals surface area (Å²) in [4.78, 5) is 20.9. The Labute approximate surface area is 150 Å². The maximum Gasteiger partial charge on any atom is 0.317 e. The molecule has 2 aliphatic heterocycles. The first-order valence-electron chi connectivity index (χ1n) is 9.46. The average molecular weight is 346 g/mol. The van der Waals surface area contributed by atoms with Crippen molar-refractivity contribution in [2.45, 2.75) is 44.2 Å². The normalized spacial score (nSPS) is 22.0. The van der Waals surface area contributed by atoms with Crippen molar-refractivity contribution in [3.63, 3.8) is 0 Å². The van der Waals surface area contributed by atoms with Gasteiger partial charge < -0.3 is 19.9 Å². The number of piperidine rings is 1. The van der Waals surface area contributed by atoms with Gasteiger partial charge in [-0.1, -0.05) is 6.07 Å². The molecule has 0 aromatic carbocycles. The second kappa shape index (κ2) is 9.15. The SMILES string of the molecule is CN(CCc1ccccn1)C(=O)NC1CCN(CC2CCCO2)CC1. The molecular weight excluding hydrogens is 316 g/mol. The highest BCUT2D eigenvalue weighted by molar-refractivity contribution is 5.74. The van der Waals surface area contributed by atoms with Crippen molar-refractivity contribution in [1.29, 1.82) is 0 Å². The van der Waals surface area contributed by atoms with E-state index in [1.807, 2.05) is 25.2 Å². The predicted octanol–water partition coefficient (Wildman–Crippen LogP) is 1.91. The first-order chi connectivity index (χ1) is 12.2. The molecule has 1 unspecified atom stereocenters. The maximum absolute atomic E-state index is 12.4. The van der Waals surface area contributed by atoms with E-state index in [9.17, 15) is 4.79 Å². The number of aromatic nitrogens is 1. The predicted molar refractivity (Wildman–Crippen MR) is 97.5 cm³/mol. The fourth-order valence-electron chi connectivity index (χ4n) is 3.55. The molecule has 138 valence electrons. The van der Waals surface area contributed by atoms with E-state index in [4.69, 9.17) is 4.74 Å². The second-order valence-corrected chi connectivity index (χ2v) is 7.15. The van der Waals surface area contributed by atoms with E-state index in [-0.39, 0.29) is 12.1 Å². The quantitative estimate of drug-likeness (QED) is 0.855. The Morgan fingerprint density at radius 2 is 2.20 bits per heavy atom. The lowest BCUT2D eigenvalue weighted by Gasteiger charge is -2.34. The summed E-state index contributed by atoms with van der Waals surface area (Å²) in [6, 6.07) is 6.19. The number of carbonyl (C=O) groups excluding carboxylic acids is 1. The zero-order chi connectivity index (χ0) is 17.5. The van der Waals surface area contributed by atoms with Gasteiger partial charge >= 0.3 is 6.03 Å². The van der Waals surface area contributed by atoms with Gasteiger partial charge in [0.2, 0.25) is 0 Å². The summed E-state index contributed by atoms with van der Waals surface area (Å²) in [6.45, 7) is 4.73. The Hall–Kier alpha value is -1.66. The molecule has 0 bridgehead atoms. The number of likely N-dealkylation sites (N-methyl/N-ethyl adjacent to an activating group) is 1. The molecule has 6 nitrogen and oxygen atoms in total. The molecule has 3 rings (SSSR count). The highest BCUT2D eigenvalue weighted by atomic mass is 16.5. The van der Waals surface area contributed by atoms with E-state index in [2.05, 4.69) is 15.2 Å². The highest BCUT2D eigenvalue weighted by Crippen LogP contribution is 2.17. The Morgan fingerprint density at radius 3 is 2.88 bits per heavy atom. The first kappa shape index (κ1) is 18.1. The van der Waals surface area contributed by atoms with Crippen molar-refractivity contribution in [2.75, 3.05) is 39.8 Å². The molecule has 0 spiro atoms. The van der Waals surface area contributed by atoms with Crippen LogP contribution < -0.4 is 5.32 Å². The van der Waals surface area contributed by atoms with Crippen LogP contribution in [0.4, 0.5) is 4.79 Å². The van der Waals surface area contributed by atoms with Crippen molar-refractivity contribution in [3.05, 3.63) is 30.1 Å². The van der Waals surface area contributed by atoms with Crippen LogP contribution in [0.1, 0.15) is 31.4 Å². The molecule has 0 radical (unpaired) electrons. The fourth-order valence-corrected chi connectivity index (χ4v) is 3.55. The van der Waals surface area contributed by atoms with Crippen LogP contribution in [-0.2, 0) is 11.2 Å². The Bertz CT molecular complexity index is 525. The molecule has 0 aliphatic carbocycles. The van der Waals surface area contributed by atoms with E-state index in [1.54, 1.807) is 11.1 Å². The molecule has 6 heteroatoms. The van der Waals surface area contributed by atoms with Gasteiger partial charge in [-0.25, -0.2) is 4.79 Å². The molecule has 25 heavy (non-hydrogen) atoms. The summed E-state index contributed by atoms with van der Waals surface area (Å²) in [7, 11) is 1.85. The van der Waals surface area contributed by atoms with Crippen LogP contribution in [0.5, 0.6) is 0 Å². The molecule has 1 N–H and O–H groups in total. The van der Waals surface area contributed by atoms with Gasteiger partial charge in [0.15, 0.2) is 0 Å². The zero-order valence-corrected chi connectivity index (χ0v) is 15.2. The van der Waals surface area contributed by atoms with Crippen LogP contribution in [0.2, 0.25) is 0 Å². The lowest BCUT2D eigenvalue weighted by molar-refractivity contribution is 0.0629. The summed E-state index contributed by atoms with van der Waals surface area (Å²) < 4.78 is 5.72. The molecule has 2 amide bonds. The maximum atomic E-state index is 12.4. The van der Waals surface area contributed by atoms with E-state index < -0.39 is 0 Å². The van der Waals surface area contributed by atoms with Crippen LogP contribution in [-0.4, -0.2) is 72.8 Å². The van der Waals surface area contributed by atoms with Gasteiger partial charge in [0.1, 0.15) is 0 Å². The smallest absolute Gasteiger partial charge is 0.317 e. The van der Waals surface area contributed by atoms with Crippen molar-refractivity contribution in [3.8, 4) is 0 Å². The molecule has 2 fully saturated rings. The Kier molecular flexibility index (Phi) is 6.64. The molecule has 0 saturated carbocycles. The molecule has 1 aromatic heterocycles. The standard InChI is InChI=1S/C19H30N4O2/c1-22(11-7-16-5-2-3-10-20-16)19(24)21-17-8-12-23(13-9-17)15-18-6-4-14-25-18/h2-3,5,10,17-18H,4,6-9,11-15H2,1H3,(H,21,24). The average Bonchev–Trinajstić information content (AvgIpc) is 3.15. The summed E-state index contributed by atoms with van der Waals surface area (Å²) in [5.74, 6) is 0. The van der Waals surface area contributed by atoms with Gasteiger partial charge in [-0.05, 0) is 37.8 Å². The third-order valence-corrected chi connectivity index (χ3v) is 5.18. The number of urea groups is 1. The van der Waals surface area contributed by atoms with Crippen LogP contribution in [0, 0.1) is 0 Å². The minimum absolute atomic E-state index is 0.0218. The monoisotopic (exact) mass is 346 g/mol. The van der Waals surface area contributed by atoms with Gasteiger partial charge in [0.25, 0.3) is 0 Å². The summed E-state index contributed by atoms with van der Waals surface area (Å²) in [5.41, 5.74) is 1.02. The lowest BCUT2D eigenvalue weighted by Crippen LogP contribution is -2.49.